The molecule has 0 spiro atoms. The Balaban J connectivity index is 2.22. The summed E-state index contributed by atoms with van der Waals surface area (Å²) in [6.45, 7) is 0. The molecule has 1 heterocycles. The molecule has 3 rings (SSSR count). The second-order valence-electron chi connectivity index (χ2n) is 4.12. The Kier molecular flexibility index (Phi) is 2.38. The van der Waals surface area contributed by atoms with Gasteiger partial charge >= 0.3 is 5.97 Å². The highest BCUT2D eigenvalue weighted by molar-refractivity contribution is 6.00. The maximum Gasteiger partial charge on any atom is 0.337 e. The lowest BCUT2D eigenvalue weighted by atomic mass is 10.1. The van der Waals surface area contributed by atoms with Crippen LogP contribution in [0.15, 0.2) is 42.5 Å². The molecule has 18 heavy (non-hydrogen) atoms. The van der Waals surface area contributed by atoms with E-state index in [9.17, 15) is 9.90 Å². The summed E-state index contributed by atoms with van der Waals surface area (Å²) in [4.78, 5) is 11.2. The third-order valence-electron chi connectivity index (χ3n) is 2.99. The topological polar surface area (TPSA) is 49.3 Å². The van der Waals surface area contributed by atoms with Crippen LogP contribution >= 0.6 is 0 Å². The number of benzene rings is 2. The number of nitrogens with one attached hydrogen (secondary N) is 1. The molecular weight excluding hydrogens is 226 g/mol. The molecule has 0 bridgehead atoms. The number of carboxylic acids is 1. The van der Waals surface area contributed by atoms with Crippen LogP contribution in [0.5, 0.6) is 0 Å². The SMILES string of the molecule is O=C(O)c1cccc2c1Nc1ccccc1C=C2. The number of para-hydroxylation sites is 2. The fourth-order valence-corrected chi connectivity index (χ4v) is 2.10. The van der Waals surface area contributed by atoms with E-state index in [0.717, 1.165) is 16.8 Å². The van der Waals surface area contributed by atoms with Crippen LogP contribution in [-0.2, 0) is 0 Å². The maximum atomic E-state index is 11.2. The van der Waals surface area contributed by atoms with E-state index in [-0.39, 0.29) is 5.56 Å². The highest BCUT2D eigenvalue weighted by Crippen LogP contribution is 2.32. The van der Waals surface area contributed by atoms with Crippen LogP contribution in [0.1, 0.15) is 21.5 Å². The van der Waals surface area contributed by atoms with Gasteiger partial charge in [-0.25, -0.2) is 4.79 Å². The molecular formula is C15H11NO2. The molecule has 1 aliphatic rings. The average molecular weight is 237 g/mol. The number of anilines is 2. The minimum Gasteiger partial charge on any atom is -0.478 e. The summed E-state index contributed by atoms with van der Waals surface area (Å²) in [6, 6.07) is 13.1. The van der Waals surface area contributed by atoms with Gasteiger partial charge in [0.15, 0.2) is 0 Å². The zero-order valence-corrected chi connectivity index (χ0v) is 9.55. The molecule has 0 unspecified atom stereocenters. The Labute approximate surface area is 104 Å². The molecule has 0 aliphatic carbocycles. The summed E-state index contributed by atoms with van der Waals surface area (Å²) in [5.74, 6) is -0.924. The fourth-order valence-electron chi connectivity index (χ4n) is 2.10. The summed E-state index contributed by atoms with van der Waals surface area (Å²) in [5.41, 5.74) is 3.78. The average Bonchev–Trinajstić information content (AvgIpc) is 2.57. The van der Waals surface area contributed by atoms with Gasteiger partial charge in [-0.3, -0.25) is 0 Å². The van der Waals surface area contributed by atoms with Gasteiger partial charge in [-0.1, -0.05) is 42.5 Å². The van der Waals surface area contributed by atoms with Crippen molar-refractivity contribution >= 4 is 29.5 Å². The number of fused-ring (bicyclic) bond motifs is 2. The lowest BCUT2D eigenvalue weighted by molar-refractivity contribution is 0.0698. The van der Waals surface area contributed by atoms with Crippen LogP contribution in [0.4, 0.5) is 11.4 Å². The minimum atomic E-state index is -0.924. The van der Waals surface area contributed by atoms with Gasteiger partial charge in [0.05, 0.1) is 11.3 Å². The van der Waals surface area contributed by atoms with Gasteiger partial charge in [-0.05, 0) is 23.3 Å². The Morgan fingerprint density at radius 2 is 1.67 bits per heavy atom. The molecule has 1 aliphatic heterocycles. The first-order valence-corrected chi connectivity index (χ1v) is 5.66. The number of aromatic carboxylic acids is 1. The molecule has 0 atom stereocenters. The van der Waals surface area contributed by atoms with Crippen molar-refractivity contribution in [2.75, 3.05) is 5.32 Å². The molecule has 0 saturated carbocycles. The normalized spacial score (nSPS) is 12.0. The van der Waals surface area contributed by atoms with Gasteiger partial charge in [-0.2, -0.15) is 0 Å². The summed E-state index contributed by atoms with van der Waals surface area (Å²) >= 11 is 0. The number of carboxylic acid groups (broad SMARTS) is 1. The number of rotatable bonds is 1. The maximum absolute atomic E-state index is 11.2. The lowest BCUT2D eigenvalue weighted by Gasteiger charge is -2.12. The van der Waals surface area contributed by atoms with Crippen molar-refractivity contribution in [2.24, 2.45) is 0 Å². The van der Waals surface area contributed by atoms with Crippen molar-refractivity contribution in [1.82, 2.24) is 0 Å². The molecule has 0 aromatic heterocycles. The Hall–Kier alpha value is -2.55. The molecule has 0 radical (unpaired) electrons. The van der Waals surface area contributed by atoms with E-state index in [1.807, 2.05) is 42.5 Å². The van der Waals surface area contributed by atoms with Crippen LogP contribution in [0.25, 0.3) is 12.2 Å². The second-order valence-corrected chi connectivity index (χ2v) is 4.12. The van der Waals surface area contributed by atoms with Crippen LogP contribution in [0, 0.1) is 0 Å². The largest absolute Gasteiger partial charge is 0.478 e. The predicted molar refractivity (Wildman–Crippen MR) is 72.1 cm³/mol. The van der Waals surface area contributed by atoms with E-state index in [1.54, 1.807) is 12.1 Å². The van der Waals surface area contributed by atoms with Crippen LogP contribution in [-0.4, -0.2) is 11.1 Å². The third kappa shape index (κ3) is 1.66. The van der Waals surface area contributed by atoms with Gasteiger partial charge < -0.3 is 10.4 Å². The molecule has 0 amide bonds. The molecule has 2 aromatic rings. The zero-order valence-electron chi connectivity index (χ0n) is 9.55. The molecule has 3 nitrogen and oxygen atoms in total. The monoisotopic (exact) mass is 237 g/mol. The van der Waals surface area contributed by atoms with Crippen molar-refractivity contribution in [3.8, 4) is 0 Å². The third-order valence-corrected chi connectivity index (χ3v) is 2.99. The van der Waals surface area contributed by atoms with Crippen molar-refractivity contribution in [3.63, 3.8) is 0 Å². The minimum absolute atomic E-state index is 0.286. The molecule has 88 valence electrons. The van der Waals surface area contributed by atoms with Crippen LogP contribution in [0.3, 0.4) is 0 Å². The van der Waals surface area contributed by atoms with Crippen LogP contribution < -0.4 is 5.32 Å². The first-order valence-electron chi connectivity index (χ1n) is 5.66. The number of hydrogen-bond donors (Lipinski definition) is 2. The van der Waals surface area contributed by atoms with E-state index >= 15 is 0 Å². The molecule has 0 fully saturated rings. The Morgan fingerprint density at radius 1 is 0.944 bits per heavy atom. The van der Waals surface area contributed by atoms with E-state index in [2.05, 4.69) is 5.32 Å². The molecule has 2 aromatic carbocycles. The van der Waals surface area contributed by atoms with Gasteiger partial charge in [0.2, 0.25) is 0 Å². The first kappa shape index (κ1) is 10.6. The summed E-state index contributed by atoms with van der Waals surface area (Å²) in [5, 5.41) is 12.4. The van der Waals surface area contributed by atoms with Crippen molar-refractivity contribution in [2.45, 2.75) is 0 Å². The quantitative estimate of drug-likeness (QED) is 0.679. The number of hydrogen-bond acceptors (Lipinski definition) is 2. The highest BCUT2D eigenvalue weighted by Gasteiger charge is 2.15. The van der Waals surface area contributed by atoms with Crippen molar-refractivity contribution < 1.29 is 9.90 Å². The number of carbonyl (C=O) groups is 1. The summed E-state index contributed by atoms with van der Waals surface area (Å²) in [6.07, 6.45) is 3.92. The van der Waals surface area contributed by atoms with Gasteiger partial charge in [-0.15, -0.1) is 0 Å². The lowest BCUT2D eigenvalue weighted by Crippen LogP contribution is -2.04. The smallest absolute Gasteiger partial charge is 0.337 e. The van der Waals surface area contributed by atoms with Crippen molar-refractivity contribution in [3.05, 3.63) is 59.2 Å². The van der Waals surface area contributed by atoms with Crippen molar-refractivity contribution in [1.29, 1.82) is 0 Å². The molecule has 3 heteroatoms. The first-order chi connectivity index (χ1) is 8.75. The highest BCUT2D eigenvalue weighted by atomic mass is 16.4. The van der Waals surface area contributed by atoms with E-state index in [4.69, 9.17) is 0 Å². The Morgan fingerprint density at radius 3 is 2.50 bits per heavy atom. The molecule has 2 N–H and O–H groups in total. The van der Waals surface area contributed by atoms with Crippen LogP contribution in [0.2, 0.25) is 0 Å². The second kappa shape index (κ2) is 4.04. The van der Waals surface area contributed by atoms with E-state index in [1.165, 1.54) is 0 Å². The zero-order chi connectivity index (χ0) is 12.5. The standard InChI is InChI=1S/C15H11NO2/c17-15(18)12-6-3-5-11-9-8-10-4-1-2-7-13(10)16-14(11)12/h1-9,16H,(H,17,18). The van der Waals surface area contributed by atoms with Gasteiger partial charge in [0.25, 0.3) is 0 Å². The van der Waals surface area contributed by atoms with Gasteiger partial charge in [0.1, 0.15) is 0 Å². The summed E-state index contributed by atoms with van der Waals surface area (Å²) < 4.78 is 0. The van der Waals surface area contributed by atoms with E-state index in [0.29, 0.717) is 5.69 Å². The molecule has 0 saturated heterocycles. The predicted octanol–water partition coefficient (Wildman–Crippen LogP) is 3.61. The van der Waals surface area contributed by atoms with E-state index < -0.39 is 5.97 Å². The fraction of sp³-hybridized carbons (Fsp3) is 0. The van der Waals surface area contributed by atoms with Gasteiger partial charge in [0, 0.05) is 5.69 Å². The Bertz CT molecular complexity index is 659. The summed E-state index contributed by atoms with van der Waals surface area (Å²) in [7, 11) is 0.